The molecule has 0 heterocycles. The largest absolute Gasteiger partial charge is 0.383 e. The van der Waals surface area contributed by atoms with Gasteiger partial charge in [0.2, 0.25) is 0 Å². The Morgan fingerprint density at radius 1 is 1.29 bits per heavy atom. The summed E-state index contributed by atoms with van der Waals surface area (Å²) in [7, 11) is 1.77. The Hall–Kier alpha value is 0.400. The number of rotatable bonds is 8. The van der Waals surface area contributed by atoms with E-state index in [1.165, 1.54) is 12.8 Å². The molecule has 0 aliphatic heterocycles. The lowest BCUT2D eigenvalue weighted by Gasteiger charge is -2.35. The molecule has 0 fully saturated rings. The van der Waals surface area contributed by atoms with Crippen molar-refractivity contribution in [1.82, 2.24) is 4.90 Å². The van der Waals surface area contributed by atoms with Crippen LogP contribution in [-0.2, 0) is 4.74 Å². The second-order valence-electron chi connectivity index (χ2n) is 3.70. The van der Waals surface area contributed by atoms with Crippen LogP contribution in [0.5, 0.6) is 0 Å². The van der Waals surface area contributed by atoms with Gasteiger partial charge in [0.15, 0.2) is 0 Å². The average Bonchev–Trinajstić information content (AvgIpc) is 2.18. The molecule has 14 heavy (non-hydrogen) atoms. The molecule has 0 saturated heterocycles. The van der Waals surface area contributed by atoms with Crippen molar-refractivity contribution >= 4 is 15.9 Å². The van der Waals surface area contributed by atoms with E-state index in [9.17, 15) is 0 Å². The van der Waals surface area contributed by atoms with Gasteiger partial charge in [0.05, 0.1) is 6.61 Å². The summed E-state index contributed by atoms with van der Waals surface area (Å²) in [5.74, 6) is 0. The van der Waals surface area contributed by atoms with Crippen molar-refractivity contribution in [2.45, 2.75) is 45.7 Å². The van der Waals surface area contributed by atoms with Crippen molar-refractivity contribution < 1.29 is 4.74 Å². The van der Waals surface area contributed by atoms with E-state index in [0.717, 1.165) is 18.5 Å². The van der Waals surface area contributed by atoms with Crippen LogP contribution < -0.4 is 0 Å². The van der Waals surface area contributed by atoms with Gasteiger partial charge in [0.25, 0.3) is 0 Å². The van der Waals surface area contributed by atoms with Crippen molar-refractivity contribution in [1.29, 1.82) is 0 Å². The minimum Gasteiger partial charge on any atom is -0.383 e. The molecular formula is C11H24BrNO. The average molecular weight is 266 g/mol. The van der Waals surface area contributed by atoms with Gasteiger partial charge in [-0.1, -0.05) is 29.8 Å². The SMILES string of the molecule is CCC(CC)N(CCBr)C(C)COC. The Morgan fingerprint density at radius 2 is 1.86 bits per heavy atom. The molecule has 3 heteroatoms. The molecule has 1 unspecified atom stereocenters. The van der Waals surface area contributed by atoms with Crippen LogP contribution in [0, 0.1) is 0 Å². The molecule has 0 aromatic carbocycles. The summed E-state index contributed by atoms with van der Waals surface area (Å²) < 4.78 is 5.21. The fraction of sp³-hybridized carbons (Fsp3) is 1.00. The minimum absolute atomic E-state index is 0.516. The van der Waals surface area contributed by atoms with Gasteiger partial charge in [-0.3, -0.25) is 4.90 Å². The van der Waals surface area contributed by atoms with Crippen molar-refractivity contribution in [3.8, 4) is 0 Å². The Kier molecular flexibility index (Phi) is 8.94. The quantitative estimate of drug-likeness (QED) is 0.626. The second kappa shape index (κ2) is 8.69. The summed E-state index contributed by atoms with van der Waals surface area (Å²) >= 11 is 3.51. The van der Waals surface area contributed by atoms with Gasteiger partial charge in [0, 0.05) is 31.1 Å². The molecule has 86 valence electrons. The van der Waals surface area contributed by atoms with Gasteiger partial charge in [-0.05, 0) is 19.8 Å². The van der Waals surface area contributed by atoms with Crippen molar-refractivity contribution in [3.05, 3.63) is 0 Å². The molecular weight excluding hydrogens is 242 g/mol. The van der Waals surface area contributed by atoms with Crippen LogP contribution in [0.2, 0.25) is 0 Å². The first-order chi connectivity index (χ1) is 6.71. The van der Waals surface area contributed by atoms with E-state index >= 15 is 0 Å². The maximum atomic E-state index is 5.21. The molecule has 0 radical (unpaired) electrons. The Morgan fingerprint density at radius 3 is 2.21 bits per heavy atom. The summed E-state index contributed by atoms with van der Waals surface area (Å²) in [4.78, 5) is 2.54. The zero-order valence-electron chi connectivity index (χ0n) is 9.92. The number of hydrogen-bond donors (Lipinski definition) is 0. The summed E-state index contributed by atoms with van der Waals surface area (Å²) in [5, 5.41) is 1.04. The first-order valence-corrected chi connectivity index (χ1v) is 6.63. The molecule has 0 aliphatic rings. The molecule has 0 aromatic rings. The smallest absolute Gasteiger partial charge is 0.0615 e. The third-order valence-corrected chi connectivity index (χ3v) is 3.08. The topological polar surface area (TPSA) is 12.5 Å². The predicted octanol–water partition coefficient (Wildman–Crippen LogP) is 2.91. The fourth-order valence-electron chi connectivity index (χ4n) is 1.96. The minimum atomic E-state index is 0.516. The third-order valence-electron chi connectivity index (χ3n) is 2.73. The summed E-state index contributed by atoms with van der Waals surface area (Å²) in [6.07, 6.45) is 2.44. The van der Waals surface area contributed by atoms with E-state index in [1.54, 1.807) is 7.11 Å². The molecule has 0 amide bonds. The van der Waals surface area contributed by atoms with Gasteiger partial charge in [-0.15, -0.1) is 0 Å². The molecule has 2 nitrogen and oxygen atoms in total. The first-order valence-electron chi connectivity index (χ1n) is 5.51. The molecule has 0 N–H and O–H groups in total. The molecule has 1 atom stereocenters. The molecule has 0 aliphatic carbocycles. The standard InChI is InChI=1S/C11H24BrNO/c1-5-11(6-2)13(8-7-12)10(3)9-14-4/h10-11H,5-9H2,1-4H3. The molecule has 0 saturated carbocycles. The van der Waals surface area contributed by atoms with Crippen LogP contribution in [-0.4, -0.2) is 42.6 Å². The Bertz CT molecular complexity index is 128. The monoisotopic (exact) mass is 265 g/mol. The molecule has 0 aromatic heterocycles. The van der Waals surface area contributed by atoms with Gasteiger partial charge in [-0.2, -0.15) is 0 Å². The number of methoxy groups -OCH3 is 1. The Labute approximate surface area is 97.1 Å². The number of nitrogens with zero attached hydrogens (tertiary/aromatic N) is 1. The zero-order chi connectivity index (χ0) is 11.0. The van der Waals surface area contributed by atoms with Gasteiger partial charge >= 0.3 is 0 Å². The summed E-state index contributed by atoms with van der Waals surface area (Å²) in [6, 6.07) is 1.21. The van der Waals surface area contributed by atoms with Crippen molar-refractivity contribution in [2.24, 2.45) is 0 Å². The molecule has 0 spiro atoms. The van der Waals surface area contributed by atoms with Crippen LogP contribution in [0.1, 0.15) is 33.6 Å². The van der Waals surface area contributed by atoms with Crippen LogP contribution in [0.15, 0.2) is 0 Å². The highest BCUT2D eigenvalue weighted by atomic mass is 79.9. The van der Waals surface area contributed by atoms with E-state index < -0.39 is 0 Å². The van der Waals surface area contributed by atoms with Gasteiger partial charge < -0.3 is 4.74 Å². The number of hydrogen-bond acceptors (Lipinski definition) is 2. The normalized spacial score (nSPS) is 13.9. The van der Waals surface area contributed by atoms with E-state index in [1.807, 2.05) is 0 Å². The van der Waals surface area contributed by atoms with Crippen molar-refractivity contribution in [2.75, 3.05) is 25.6 Å². The maximum absolute atomic E-state index is 5.21. The maximum Gasteiger partial charge on any atom is 0.0615 e. The highest BCUT2D eigenvalue weighted by Crippen LogP contribution is 2.13. The lowest BCUT2D eigenvalue weighted by atomic mass is 10.1. The van der Waals surface area contributed by atoms with Crippen LogP contribution in [0.4, 0.5) is 0 Å². The Balaban J connectivity index is 4.23. The zero-order valence-corrected chi connectivity index (χ0v) is 11.5. The lowest BCUT2D eigenvalue weighted by Crippen LogP contribution is -2.44. The van der Waals surface area contributed by atoms with Gasteiger partial charge in [-0.25, -0.2) is 0 Å². The lowest BCUT2D eigenvalue weighted by molar-refractivity contribution is 0.0712. The van der Waals surface area contributed by atoms with E-state index in [-0.39, 0.29) is 0 Å². The van der Waals surface area contributed by atoms with Crippen LogP contribution in [0.25, 0.3) is 0 Å². The third kappa shape index (κ3) is 4.76. The van der Waals surface area contributed by atoms with E-state index in [4.69, 9.17) is 4.74 Å². The highest BCUT2D eigenvalue weighted by Gasteiger charge is 2.19. The number of alkyl halides is 1. The predicted molar refractivity (Wildman–Crippen MR) is 66.2 cm³/mol. The molecule has 0 rings (SSSR count). The number of ether oxygens (including phenoxy) is 1. The number of halogens is 1. The summed E-state index contributed by atoms with van der Waals surface area (Å²) in [5.41, 5.74) is 0. The highest BCUT2D eigenvalue weighted by molar-refractivity contribution is 9.09. The van der Waals surface area contributed by atoms with Crippen LogP contribution in [0.3, 0.4) is 0 Å². The van der Waals surface area contributed by atoms with E-state index in [2.05, 4.69) is 41.6 Å². The van der Waals surface area contributed by atoms with Crippen molar-refractivity contribution in [3.63, 3.8) is 0 Å². The fourth-order valence-corrected chi connectivity index (χ4v) is 2.36. The second-order valence-corrected chi connectivity index (χ2v) is 4.49. The van der Waals surface area contributed by atoms with Crippen LogP contribution >= 0.6 is 15.9 Å². The first kappa shape index (κ1) is 14.4. The van der Waals surface area contributed by atoms with Gasteiger partial charge in [0.1, 0.15) is 0 Å². The molecule has 0 bridgehead atoms. The summed E-state index contributed by atoms with van der Waals surface area (Å²) in [6.45, 7) is 8.69. The van der Waals surface area contributed by atoms with E-state index in [0.29, 0.717) is 12.1 Å².